The van der Waals surface area contributed by atoms with Gasteiger partial charge < -0.3 is 9.84 Å². The van der Waals surface area contributed by atoms with Crippen molar-refractivity contribution in [3.05, 3.63) is 48.6 Å². The first kappa shape index (κ1) is 14.3. The fraction of sp³-hybridized carbons (Fsp3) is 0.333. The van der Waals surface area contributed by atoms with Gasteiger partial charge in [0.25, 0.3) is 5.91 Å². The van der Waals surface area contributed by atoms with Gasteiger partial charge in [0.1, 0.15) is 12.2 Å². The number of hydrogen-bond donors (Lipinski definition) is 1. The van der Waals surface area contributed by atoms with Gasteiger partial charge in [-0.25, -0.2) is 9.69 Å². The number of rotatable bonds is 4. The van der Waals surface area contributed by atoms with E-state index in [2.05, 4.69) is 6.58 Å². The van der Waals surface area contributed by atoms with Crippen LogP contribution in [0.5, 0.6) is 0 Å². The summed E-state index contributed by atoms with van der Waals surface area (Å²) in [7, 11) is 0. The molecule has 106 valence electrons. The summed E-state index contributed by atoms with van der Waals surface area (Å²) in [5.74, 6) is -0.652. The molecule has 0 aromatic heterocycles. The van der Waals surface area contributed by atoms with Crippen molar-refractivity contribution >= 4 is 12.0 Å². The Morgan fingerprint density at radius 1 is 1.50 bits per heavy atom. The maximum absolute atomic E-state index is 12.1. The van der Waals surface area contributed by atoms with E-state index in [0.29, 0.717) is 0 Å². The highest BCUT2D eigenvalue weighted by atomic mass is 16.6. The molecule has 0 aliphatic carbocycles. The summed E-state index contributed by atoms with van der Waals surface area (Å²) in [6.07, 6.45) is -0.964. The van der Waals surface area contributed by atoms with Gasteiger partial charge in [-0.1, -0.05) is 36.4 Å². The van der Waals surface area contributed by atoms with E-state index < -0.39 is 30.3 Å². The molecule has 5 heteroatoms. The normalized spacial score (nSPS) is 23.3. The molecule has 0 radical (unpaired) electrons. The first-order valence-corrected chi connectivity index (χ1v) is 6.44. The molecular formula is C15H17NO4. The SMILES string of the molecule is C=CC[C@@H](O)C(=O)N1C(=O)O[C@@H](c2ccccc2)[C@H]1C. The zero-order valence-corrected chi connectivity index (χ0v) is 11.2. The quantitative estimate of drug-likeness (QED) is 0.854. The molecule has 1 aliphatic heterocycles. The van der Waals surface area contributed by atoms with Crippen molar-refractivity contribution in [2.75, 3.05) is 0 Å². The van der Waals surface area contributed by atoms with Crippen LogP contribution < -0.4 is 0 Å². The Hall–Kier alpha value is -2.14. The van der Waals surface area contributed by atoms with Gasteiger partial charge in [-0.2, -0.15) is 0 Å². The summed E-state index contributed by atoms with van der Waals surface area (Å²) in [5, 5.41) is 9.70. The predicted octanol–water partition coefficient (Wildman–Crippen LogP) is 2.03. The van der Waals surface area contributed by atoms with Crippen LogP contribution in [-0.4, -0.2) is 34.2 Å². The van der Waals surface area contributed by atoms with Gasteiger partial charge in [-0.3, -0.25) is 4.79 Å². The van der Waals surface area contributed by atoms with Crippen molar-refractivity contribution in [2.45, 2.75) is 31.6 Å². The van der Waals surface area contributed by atoms with Crippen molar-refractivity contribution in [1.82, 2.24) is 4.90 Å². The Bertz CT molecular complexity index is 514. The number of hydrogen-bond acceptors (Lipinski definition) is 4. The highest BCUT2D eigenvalue weighted by molar-refractivity contribution is 5.96. The molecule has 3 atom stereocenters. The third-order valence-corrected chi connectivity index (χ3v) is 3.31. The molecular weight excluding hydrogens is 258 g/mol. The second-order valence-electron chi connectivity index (χ2n) is 4.70. The van der Waals surface area contributed by atoms with E-state index >= 15 is 0 Å². The molecule has 2 amide bonds. The Balaban J connectivity index is 2.19. The van der Waals surface area contributed by atoms with Crippen LogP contribution in [0.4, 0.5) is 4.79 Å². The molecule has 0 saturated carbocycles. The summed E-state index contributed by atoms with van der Waals surface area (Å²) >= 11 is 0. The third-order valence-electron chi connectivity index (χ3n) is 3.31. The van der Waals surface area contributed by atoms with Crippen LogP contribution in [0, 0.1) is 0 Å². The summed E-state index contributed by atoms with van der Waals surface area (Å²) in [4.78, 5) is 24.9. The summed E-state index contributed by atoms with van der Waals surface area (Å²) in [6, 6.07) is 8.75. The fourth-order valence-electron chi connectivity index (χ4n) is 2.26. The van der Waals surface area contributed by atoms with Crippen LogP contribution in [0.2, 0.25) is 0 Å². The number of carbonyl (C=O) groups is 2. The number of benzene rings is 1. The minimum Gasteiger partial charge on any atom is -0.439 e. The molecule has 1 N–H and O–H groups in total. The second-order valence-corrected chi connectivity index (χ2v) is 4.70. The number of aliphatic hydroxyl groups is 1. The van der Waals surface area contributed by atoms with Crippen molar-refractivity contribution in [3.63, 3.8) is 0 Å². The highest BCUT2D eigenvalue weighted by Crippen LogP contribution is 2.32. The number of nitrogens with zero attached hydrogens (tertiary/aromatic N) is 1. The van der Waals surface area contributed by atoms with E-state index in [1.165, 1.54) is 6.08 Å². The molecule has 1 aromatic rings. The van der Waals surface area contributed by atoms with Gasteiger partial charge in [0, 0.05) is 6.42 Å². The molecule has 0 spiro atoms. The zero-order chi connectivity index (χ0) is 14.7. The third kappa shape index (κ3) is 2.58. The molecule has 0 unspecified atom stereocenters. The van der Waals surface area contributed by atoms with Gasteiger partial charge in [-0.05, 0) is 12.5 Å². The molecule has 2 rings (SSSR count). The summed E-state index contributed by atoms with van der Waals surface area (Å²) in [5.41, 5.74) is 0.821. The molecule has 1 heterocycles. The van der Waals surface area contributed by atoms with Gasteiger partial charge in [-0.15, -0.1) is 6.58 Å². The van der Waals surface area contributed by atoms with Gasteiger partial charge >= 0.3 is 6.09 Å². The van der Waals surface area contributed by atoms with Crippen molar-refractivity contribution < 1.29 is 19.4 Å². The number of ether oxygens (including phenoxy) is 1. The van der Waals surface area contributed by atoms with Crippen LogP contribution in [0.3, 0.4) is 0 Å². The monoisotopic (exact) mass is 275 g/mol. The average Bonchev–Trinajstić information content (AvgIpc) is 2.74. The molecule has 1 aromatic carbocycles. The number of amides is 2. The number of imide groups is 1. The Morgan fingerprint density at radius 2 is 2.15 bits per heavy atom. The second kappa shape index (κ2) is 5.88. The minimum atomic E-state index is -1.27. The molecule has 5 nitrogen and oxygen atoms in total. The topological polar surface area (TPSA) is 66.8 Å². The first-order valence-electron chi connectivity index (χ1n) is 6.44. The first-order chi connectivity index (χ1) is 9.56. The highest BCUT2D eigenvalue weighted by Gasteiger charge is 2.44. The molecule has 1 fully saturated rings. The summed E-state index contributed by atoms with van der Waals surface area (Å²) in [6.45, 7) is 5.19. The van der Waals surface area contributed by atoms with E-state index in [1.807, 2.05) is 30.3 Å². The molecule has 1 saturated heterocycles. The van der Waals surface area contributed by atoms with Crippen LogP contribution in [0.25, 0.3) is 0 Å². The standard InChI is InChI=1S/C15H17NO4/c1-3-7-12(17)14(18)16-10(2)13(20-15(16)19)11-8-5-4-6-9-11/h3-6,8-10,12-13,17H,1,7H2,2H3/t10-,12-,13-/m1/s1. The largest absolute Gasteiger partial charge is 0.439 e. The van der Waals surface area contributed by atoms with Gasteiger partial charge in [0.05, 0.1) is 6.04 Å². The van der Waals surface area contributed by atoms with Gasteiger partial charge in [0.2, 0.25) is 0 Å². The lowest BCUT2D eigenvalue weighted by atomic mass is 10.0. The minimum absolute atomic E-state index is 0.103. The van der Waals surface area contributed by atoms with Crippen molar-refractivity contribution in [3.8, 4) is 0 Å². The fourth-order valence-corrected chi connectivity index (χ4v) is 2.26. The maximum atomic E-state index is 12.1. The van der Waals surface area contributed by atoms with E-state index in [-0.39, 0.29) is 6.42 Å². The number of cyclic esters (lactones) is 1. The van der Waals surface area contributed by atoms with Crippen LogP contribution in [0.15, 0.2) is 43.0 Å². The lowest BCUT2D eigenvalue weighted by Crippen LogP contribution is -2.43. The maximum Gasteiger partial charge on any atom is 0.417 e. The summed E-state index contributed by atoms with van der Waals surface area (Å²) < 4.78 is 5.25. The van der Waals surface area contributed by atoms with Crippen LogP contribution >= 0.6 is 0 Å². The number of aliphatic hydroxyl groups excluding tert-OH is 1. The molecule has 0 bridgehead atoms. The molecule has 1 aliphatic rings. The zero-order valence-electron chi connectivity index (χ0n) is 11.2. The average molecular weight is 275 g/mol. The Kier molecular flexibility index (Phi) is 4.20. The lowest BCUT2D eigenvalue weighted by Gasteiger charge is -2.21. The molecule has 20 heavy (non-hydrogen) atoms. The lowest BCUT2D eigenvalue weighted by molar-refractivity contribution is -0.137. The van der Waals surface area contributed by atoms with E-state index in [4.69, 9.17) is 4.74 Å². The Morgan fingerprint density at radius 3 is 2.75 bits per heavy atom. The van der Waals surface area contributed by atoms with E-state index in [0.717, 1.165) is 10.5 Å². The smallest absolute Gasteiger partial charge is 0.417 e. The van der Waals surface area contributed by atoms with Crippen molar-refractivity contribution in [1.29, 1.82) is 0 Å². The Labute approximate surface area is 117 Å². The van der Waals surface area contributed by atoms with Crippen molar-refractivity contribution in [2.24, 2.45) is 0 Å². The van der Waals surface area contributed by atoms with E-state index in [1.54, 1.807) is 6.92 Å². The van der Waals surface area contributed by atoms with Crippen LogP contribution in [0.1, 0.15) is 25.0 Å². The van der Waals surface area contributed by atoms with E-state index in [9.17, 15) is 14.7 Å². The van der Waals surface area contributed by atoms with Crippen LogP contribution in [-0.2, 0) is 9.53 Å². The number of carbonyl (C=O) groups excluding carboxylic acids is 2. The van der Waals surface area contributed by atoms with Gasteiger partial charge in [0.15, 0.2) is 0 Å². The predicted molar refractivity (Wildman–Crippen MR) is 72.8 cm³/mol.